The van der Waals surface area contributed by atoms with Gasteiger partial charge in [-0.25, -0.2) is 4.98 Å². The monoisotopic (exact) mass is 179 g/mol. The summed E-state index contributed by atoms with van der Waals surface area (Å²) in [6, 6.07) is 0.529. The largest absolute Gasteiger partial charge is 0.347 e. The molecule has 0 saturated heterocycles. The minimum absolute atomic E-state index is 0.529. The lowest BCUT2D eigenvalue weighted by Crippen LogP contribution is -2.25. The third-order valence-corrected chi connectivity index (χ3v) is 2.00. The van der Waals surface area contributed by atoms with Gasteiger partial charge >= 0.3 is 0 Å². The van der Waals surface area contributed by atoms with E-state index in [-0.39, 0.29) is 0 Å². The van der Waals surface area contributed by atoms with Crippen LogP contribution in [-0.2, 0) is 6.54 Å². The fraction of sp³-hybridized carbons (Fsp3) is 0.500. The van der Waals surface area contributed by atoms with E-state index >= 15 is 0 Å². The molecule has 1 unspecified atom stereocenters. The van der Waals surface area contributed by atoms with E-state index in [2.05, 4.69) is 28.8 Å². The summed E-state index contributed by atoms with van der Waals surface area (Å²) in [4.78, 5) is 7.01. The smallest absolute Gasteiger partial charge is 0.0922 e. The van der Waals surface area contributed by atoms with Gasteiger partial charge in [-0.3, -0.25) is 0 Å². The molecule has 2 N–H and O–H groups in total. The molecule has 0 amide bonds. The maximum Gasteiger partial charge on any atom is 0.0922 e. The van der Waals surface area contributed by atoms with E-state index < -0.39 is 0 Å². The SMILES string of the molecule is C=CCCC(C)NCc1cnc[nH]1. The Morgan fingerprint density at radius 1 is 1.77 bits per heavy atom. The highest BCUT2D eigenvalue weighted by Crippen LogP contribution is 1.98. The number of H-pyrrole nitrogens is 1. The lowest BCUT2D eigenvalue weighted by Gasteiger charge is -2.11. The molecule has 72 valence electrons. The third kappa shape index (κ3) is 3.90. The van der Waals surface area contributed by atoms with Crippen LogP contribution in [0.5, 0.6) is 0 Å². The van der Waals surface area contributed by atoms with Gasteiger partial charge in [0.1, 0.15) is 0 Å². The first kappa shape index (κ1) is 9.99. The molecule has 0 fully saturated rings. The number of imidazole rings is 1. The molecule has 0 aliphatic heterocycles. The number of hydrogen-bond donors (Lipinski definition) is 2. The minimum Gasteiger partial charge on any atom is -0.347 e. The molecule has 1 heterocycles. The summed E-state index contributed by atoms with van der Waals surface area (Å²) in [5.41, 5.74) is 1.13. The third-order valence-electron chi connectivity index (χ3n) is 2.00. The highest BCUT2D eigenvalue weighted by molar-refractivity contribution is 4.93. The molecule has 0 aliphatic rings. The zero-order valence-electron chi connectivity index (χ0n) is 8.09. The fourth-order valence-electron chi connectivity index (χ4n) is 1.14. The van der Waals surface area contributed by atoms with Crippen LogP contribution in [0.15, 0.2) is 25.2 Å². The van der Waals surface area contributed by atoms with Gasteiger partial charge in [-0.2, -0.15) is 0 Å². The van der Waals surface area contributed by atoms with Crippen LogP contribution in [0.4, 0.5) is 0 Å². The quantitative estimate of drug-likeness (QED) is 0.654. The van der Waals surface area contributed by atoms with Crippen molar-refractivity contribution in [2.45, 2.75) is 32.4 Å². The van der Waals surface area contributed by atoms with Gasteiger partial charge in [0.15, 0.2) is 0 Å². The van der Waals surface area contributed by atoms with Crippen molar-refractivity contribution < 1.29 is 0 Å². The number of allylic oxidation sites excluding steroid dienone is 1. The number of aromatic amines is 1. The molecule has 0 aliphatic carbocycles. The lowest BCUT2D eigenvalue weighted by molar-refractivity contribution is 0.514. The van der Waals surface area contributed by atoms with Crippen LogP contribution in [0, 0.1) is 0 Å². The molecular weight excluding hydrogens is 162 g/mol. The van der Waals surface area contributed by atoms with E-state index in [1.165, 1.54) is 0 Å². The van der Waals surface area contributed by atoms with Crippen molar-refractivity contribution in [1.82, 2.24) is 15.3 Å². The Labute approximate surface area is 79.3 Å². The van der Waals surface area contributed by atoms with Crippen molar-refractivity contribution >= 4 is 0 Å². The minimum atomic E-state index is 0.529. The first-order chi connectivity index (χ1) is 6.33. The molecular formula is C10H17N3. The summed E-state index contributed by atoms with van der Waals surface area (Å²) in [6.07, 6.45) is 7.70. The van der Waals surface area contributed by atoms with Crippen molar-refractivity contribution in [3.8, 4) is 0 Å². The molecule has 1 atom stereocenters. The Morgan fingerprint density at radius 2 is 2.62 bits per heavy atom. The van der Waals surface area contributed by atoms with E-state index in [9.17, 15) is 0 Å². The van der Waals surface area contributed by atoms with Gasteiger partial charge in [-0.05, 0) is 19.8 Å². The number of rotatable bonds is 6. The van der Waals surface area contributed by atoms with Crippen LogP contribution in [0.25, 0.3) is 0 Å². The fourth-order valence-corrected chi connectivity index (χ4v) is 1.14. The van der Waals surface area contributed by atoms with Gasteiger partial charge in [0, 0.05) is 24.5 Å². The second kappa shape index (κ2) is 5.54. The second-order valence-corrected chi connectivity index (χ2v) is 3.22. The van der Waals surface area contributed by atoms with Crippen LogP contribution >= 0.6 is 0 Å². The van der Waals surface area contributed by atoms with Crippen LogP contribution in [-0.4, -0.2) is 16.0 Å². The zero-order valence-corrected chi connectivity index (χ0v) is 8.09. The molecule has 0 aromatic carbocycles. The van der Waals surface area contributed by atoms with Gasteiger partial charge in [0.2, 0.25) is 0 Å². The number of hydrogen-bond acceptors (Lipinski definition) is 2. The van der Waals surface area contributed by atoms with Gasteiger partial charge < -0.3 is 10.3 Å². The summed E-state index contributed by atoms with van der Waals surface area (Å²) >= 11 is 0. The molecule has 1 rings (SSSR count). The predicted molar refractivity (Wildman–Crippen MR) is 54.3 cm³/mol. The highest BCUT2D eigenvalue weighted by atomic mass is 14.9. The van der Waals surface area contributed by atoms with E-state index in [4.69, 9.17) is 0 Å². The summed E-state index contributed by atoms with van der Waals surface area (Å²) in [6.45, 7) is 6.74. The molecule has 1 aromatic rings. The van der Waals surface area contributed by atoms with E-state index in [1.54, 1.807) is 6.33 Å². The van der Waals surface area contributed by atoms with E-state index in [1.807, 2.05) is 12.3 Å². The summed E-state index contributed by atoms with van der Waals surface area (Å²) in [5.74, 6) is 0. The molecule has 0 saturated carbocycles. The Hall–Kier alpha value is -1.09. The Kier molecular flexibility index (Phi) is 4.26. The average molecular weight is 179 g/mol. The Bertz CT molecular complexity index is 228. The number of nitrogens with zero attached hydrogens (tertiary/aromatic N) is 1. The van der Waals surface area contributed by atoms with Crippen molar-refractivity contribution in [2.24, 2.45) is 0 Å². The standard InChI is InChI=1S/C10H17N3/c1-3-4-5-9(2)12-7-10-6-11-8-13-10/h3,6,8-9,12H,1,4-5,7H2,2H3,(H,11,13). The zero-order chi connectivity index (χ0) is 9.52. The summed E-state index contributed by atoms with van der Waals surface area (Å²) in [7, 11) is 0. The summed E-state index contributed by atoms with van der Waals surface area (Å²) in [5, 5.41) is 3.40. The van der Waals surface area contributed by atoms with Crippen molar-refractivity contribution in [1.29, 1.82) is 0 Å². The summed E-state index contributed by atoms with van der Waals surface area (Å²) < 4.78 is 0. The Morgan fingerprint density at radius 3 is 3.23 bits per heavy atom. The second-order valence-electron chi connectivity index (χ2n) is 3.22. The maximum atomic E-state index is 3.95. The van der Waals surface area contributed by atoms with Crippen molar-refractivity contribution in [2.75, 3.05) is 0 Å². The molecule has 0 radical (unpaired) electrons. The van der Waals surface area contributed by atoms with Crippen molar-refractivity contribution in [3.05, 3.63) is 30.9 Å². The van der Waals surface area contributed by atoms with Crippen LogP contribution in [0.3, 0.4) is 0 Å². The highest BCUT2D eigenvalue weighted by Gasteiger charge is 1.99. The predicted octanol–water partition coefficient (Wildman–Crippen LogP) is 1.85. The first-order valence-electron chi connectivity index (χ1n) is 4.64. The van der Waals surface area contributed by atoms with Gasteiger partial charge in [-0.15, -0.1) is 6.58 Å². The number of nitrogens with one attached hydrogen (secondary N) is 2. The van der Waals surface area contributed by atoms with Crippen LogP contribution in [0.1, 0.15) is 25.5 Å². The van der Waals surface area contributed by atoms with Crippen LogP contribution in [0.2, 0.25) is 0 Å². The molecule has 3 nitrogen and oxygen atoms in total. The van der Waals surface area contributed by atoms with Gasteiger partial charge in [0.25, 0.3) is 0 Å². The van der Waals surface area contributed by atoms with Gasteiger partial charge in [-0.1, -0.05) is 6.08 Å². The van der Waals surface area contributed by atoms with Crippen molar-refractivity contribution in [3.63, 3.8) is 0 Å². The van der Waals surface area contributed by atoms with E-state index in [0.717, 1.165) is 25.1 Å². The molecule has 1 aromatic heterocycles. The maximum absolute atomic E-state index is 3.95. The molecule has 0 spiro atoms. The molecule has 3 heteroatoms. The van der Waals surface area contributed by atoms with E-state index in [0.29, 0.717) is 6.04 Å². The van der Waals surface area contributed by atoms with Gasteiger partial charge in [0.05, 0.1) is 6.33 Å². The first-order valence-corrected chi connectivity index (χ1v) is 4.64. The number of aromatic nitrogens is 2. The average Bonchev–Trinajstić information content (AvgIpc) is 2.64. The molecule has 13 heavy (non-hydrogen) atoms. The molecule has 0 bridgehead atoms. The normalized spacial score (nSPS) is 12.7. The van der Waals surface area contributed by atoms with Crippen LogP contribution < -0.4 is 5.32 Å². The lowest BCUT2D eigenvalue weighted by atomic mass is 10.2. The topological polar surface area (TPSA) is 40.7 Å². The Balaban J connectivity index is 2.15.